The number of aromatic nitrogens is 2. The molecule has 3 nitrogen and oxygen atoms in total. The molecule has 3 aromatic heterocycles. The van der Waals surface area contributed by atoms with Crippen LogP contribution < -0.4 is 4.57 Å². The molecule has 4 aromatic rings. The Morgan fingerprint density at radius 2 is 2.04 bits per heavy atom. The van der Waals surface area contributed by atoms with Crippen LogP contribution >= 0.6 is 0 Å². The molecule has 1 aromatic carbocycles. The number of rotatable bonds is 2. The molecule has 0 unspecified atom stereocenters. The number of aryl methyl sites for hydroxylation is 4. The Bertz CT molecular complexity index is 1580. The van der Waals surface area contributed by atoms with E-state index in [0.29, 0.717) is 11.1 Å². The van der Waals surface area contributed by atoms with Crippen LogP contribution in [0.4, 0.5) is 0 Å². The molecule has 3 heterocycles. The summed E-state index contributed by atoms with van der Waals surface area (Å²) < 4.78 is 111. The summed E-state index contributed by atoms with van der Waals surface area (Å²) in [4.78, 5) is 4.12. The van der Waals surface area contributed by atoms with Crippen molar-refractivity contribution in [1.82, 2.24) is 4.98 Å². The van der Waals surface area contributed by atoms with Gasteiger partial charge in [-0.1, -0.05) is 19.8 Å². The molecule has 4 rings (SSSR count). The molecule has 3 heteroatoms. The number of fused-ring (bicyclic) bond motifs is 3. The van der Waals surface area contributed by atoms with Gasteiger partial charge in [0.2, 0.25) is 11.4 Å². The van der Waals surface area contributed by atoms with Gasteiger partial charge in [0.15, 0.2) is 11.8 Å². The highest BCUT2D eigenvalue weighted by Gasteiger charge is 2.23. The third-order valence-corrected chi connectivity index (χ3v) is 4.50. The fourth-order valence-electron chi connectivity index (χ4n) is 3.25. The number of benzene rings is 1. The van der Waals surface area contributed by atoms with Gasteiger partial charge in [-0.25, -0.2) is 9.55 Å². The molecule has 0 N–H and O–H groups in total. The van der Waals surface area contributed by atoms with E-state index in [4.69, 9.17) is 22.2 Å². The average Bonchev–Trinajstić information content (AvgIpc) is 3.14. The molecular weight excluding hydrogens is 320 g/mol. The lowest BCUT2D eigenvalue weighted by atomic mass is 9.95. The van der Waals surface area contributed by atoms with Crippen molar-refractivity contribution >= 4 is 22.1 Å². The largest absolute Gasteiger partial charge is 0.437 e. The van der Waals surface area contributed by atoms with Crippen LogP contribution in [-0.4, -0.2) is 4.98 Å². The molecule has 0 saturated carbocycles. The lowest BCUT2D eigenvalue weighted by Gasteiger charge is -2.10. The topological polar surface area (TPSA) is 29.9 Å². The van der Waals surface area contributed by atoms with Crippen LogP contribution in [0.1, 0.15) is 59.8 Å². The summed E-state index contributed by atoms with van der Waals surface area (Å²) in [5.41, 5.74) is 0.342. The Labute approximate surface area is 172 Å². The third-order valence-electron chi connectivity index (χ3n) is 4.50. The van der Waals surface area contributed by atoms with Gasteiger partial charge in [0.05, 0.1) is 5.56 Å². The van der Waals surface area contributed by atoms with Crippen LogP contribution in [0.25, 0.3) is 33.3 Å². The smallest absolute Gasteiger partial charge is 0.227 e. The lowest BCUT2D eigenvalue weighted by molar-refractivity contribution is -0.660. The zero-order valence-corrected chi connectivity index (χ0v) is 14.3. The summed E-state index contributed by atoms with van der Waals surface area (Å²) in [7, 11) is 1.62. The van der Waals surface area contributed by atoms with Gasteiger partial charge in [0, 0.05) is 46.4 Å². The van der Waals surface area contributed by atoms with Crippen LogP contribution in [-0.2, 0) is 7.05 Å². The van der Waals surface area contributed by atoms with Gasteiger partial charge in [-0.05, 0) is 55.3 Å². The van der Waals surface area contributed by atoms with Crippen LogP contribution in [0.2, 0.25) is 0 Å². The number of hydrogen-bond acceptors (Lipinski definition) is 2. The first-order valence-electron chi connectivity index (χ1n) is 14.5. The van der Waals surface area contributed by atoms with E-state index < -0.39 is 33.3 Å². The van der Waals surface area contributed by atoms with Crippen LogP contribution in [0.3, 0.4) is 0 Å². The van der Waals surface area contributed by atoms with Gasteiger partial charge in [-0.2, -0.15) is 0 Å². The number of hydrogen-bond donors (Lipinski definition) is 0. The van der Waals surface area contributed by atoms with Gasteiger partial charge in [-0.3, -0.25) is 0 Å². The molecule has 0 spiro atoms. The Morgan fingerprint density at radius 1 is 1.15 bits per heavy atom. The number of furan rings is 1. The van der Waals surface area contributed by atoms with Crippen LogP contribution in [0.5, 0.6) is 0 Å². The molecule has 0 aliphatic carbocycles. The molecule has 0 saturated heterocycles. The monoisotopic (exact) mass is 358 g/mol. The summed E-state index contributed by atoms with van der Waals surface area (Å²) in [5.74, 6) is -2.96. The molecular formula is C23H25N2O+. The van der Waals surface area contributed by atoms with Gasteiger partial charge in [0.1, 0.15) is 7.05 Å². The van der Waals surface area contributed by atoms with E-state index in [0.717, 1.165) is 0 Å². The zero-order valence-electron chi connectivity index (χ0n) is 27.3. The van der Waals surface area contributed by atoms with Crippen molar-refractivity contribution in [2.75, 3.05) is 0 Å². The van der Waals surface area contributed by atoms with E-state index in [2.05, 4.69) is 4.98 Å². The van der Waals surface area contributed by atoms with Gasteiger partial charge >= 0.3 is 0 Å². The number of nitrogens with zero attached hydrogens (tertiary/aromatic N) is 2. The standard InChI is InChI=1S/C23H25N2O/c1-13(2)17-9-10-25(6)19(12-17)21-15(4)11-14(3)20-18-8-7-16(5)24-23(18)26-22(20)21/h7-13H,1-6H3/q+1/i1D3,2D3,3D3,5D3,13D. The maximum atomic E-state index is 8.60. The predicted molar refractivity (Wildman–Crippen MR) is 106 cm³/mol. The Morgan fingerprint density at radius 3 is 2.81 bits per heavy atom. The van der Waals surface area contributed by atoms with Crippen LogP contribution in [0, 0.1) is 20.6 Å². The second-order valence-corrected chi connectivity index (χ2v) is 6.26. The first-order chi connectivity index (χ1) is 17.6. The van der Waals surface area contributed by atoms with Gasteiger partial charge in [-0.15, -0.1) is 0 Å². The molecule has 0 fully saturated rings. The summed E-state index contributed by atoms with van der Waals surface area (Å²) in [6, 6.07) is 6.66. The predicted octanol–water partition coefficient (Wildman–Crippen LogP) is 5.52. The van der Waals surface area contributed by atoms with Crippen LogP contribution in [0.15, 0.2) is 40.9 Å². The van der Waals surface area contributed by atoms with Crippen molar-refractivity contribution in [2.24, 2.45) is 7.05 Å². The summed E-state index contributed by atoms with van der Waals surface area (Å²) >= 11 is 0. The molecule has 0 bridgehead atoms. The minimum absolute atomic E-state index is 0.0532. The molecule has 0 radical (unpaired) electrons. The number of pyridine rings is 2. The highest BCUT2D eigenvalue weighted by Crippen LogP contribution is 2.38. The van der Waals surface area contributed by atoms with Gasteiger partial charge < -0.3 is 4.42 Å². The van der Waals surface area contributed by atoms with Crippen molar-refractivity contribution in [3.8, 4) is 11.3 Å². The Balaban J connectivity index is 2.14. The van der Waals surface area contributed by atoms with E-state index >= 15 is 0 Å². The zero-order chi connectivity index (χ0) is 29.5. The Kier molecular flexibility index (Phi) is 1.72. The normalized spacial score (nSPS) is 21.5. The molecule has 0 aliphatic rings. The maximum Gasteiger partial charge on any atom is 0.227 e. The second kappa shape index (κ2) is 5.94. The molecule has 26 heavy (non-hydrogen) atoms. The average molecular weight is 359 g/mol. The summed E-state index contributed by atoms with van der Waals surface area (Å²) in [5, 5.41) is 0.438. The SMILES string of the molecule is [2H]C([2H])([2H])c1ccc2c(n1)oc1c(-c3cc(C([2H])(C([2H])([2H])[2H])C([2H])([2H])[2H])cc[n+]3C)c(C)cc(C([2H])([2H])[2H])c12. The van der Waals surface area contributed by atoms with Gasteiger partial charge in [0.25, 0.3) is 0 Å². The first kappa shape index (κ1) is 7.51. The molecule has 132 valence electrons. The highest BCUT2D eigenvalue weighted by molar-refractivity contribution is 6.10. The van der Waals surface area contributed by atoms with Crippen molar-refractivity contribution < 1.29 is 26.8 Å². The molecule has 0 amide bonds. The minimum atomic E-state index is -3.21. The summed E-state index contributed by atoms with van der Waals surface area (Å²) in [6.07, 6.45) is 1.42. The van der Waals surface area contributed by atoms with E-state index in [1.807, 2.05) is 0 Å². The second-order valence-electron chi connectivity index (χ2n) is 6.26. The minimum Gasteiger partial charge on any atom is -0.437 e. The van der Waals surface area contributed by atoms with Crippen molar-refractivity contribution in [3.63, 3.8) is 0 Å². The molecule has 0 atom stereocenters. The van der Waals surface area contributed by atoms with Crippen molar-refractivity contribution in [1.29, 1.82) is 0 Å². The lowest BCUT2D eigenvalue weighted by Crippen LogP contribution is -2.31. The molecule has 0 aliphatic heterocycles. The van der Waals surface area contributed by atoms with E-state index in [9.17, 15) is 0 Å². The van der Waals surface area contributed by atoms with E-state index in [1.165, 1.54) is 36.5 Å². The van der Waals surface area contributed by atoms with Crippen molar-refractivity contribution in [3.05, 3.63) is 58.9 Å². The Hall–Kier alpha value is -2.68. The van der Waals surface area contributed by atoms with E-state index in [-0.39, 0.29) is 44.6 Å². The third kappa shape index (κ3) is 2.50. The highest BCUT2D eigenvalue weighted by atomic mass is 16.3. The van der Waals surface area contributed by atoms with Crippen molar-refractivity contribution in [2.45, 2.75) is 40.2 Å². The fraction of sp³-hybridized carbons (Fsp3) is 0.304. The maximum absolute atomic E-state index is 8.60. The van der Waals surface area contributed by atoms with E-state index in [1.54, 1.807) is 18.5 Å². The fourth-order valence-corrected chi connectivity index (χ4v) is 3.25. The summed E-state index contributed by atoms with van der Waals surface area (Å²) in [6.45, 7) is -9.92. The first-order valence-corrected chi connectivity index (χ1v) is 7.97. The quantitative estimate of drug-likeness (QED) is 0.442.